The van der Waals surface area contributed by atoms with Crippen LogP contribution in [0.25, 0.3) is 5.53 Å². The Morgan fingerprint density at radius 3 is 1.11 bits per heavy atom. The first-order chi connectivity index (χ1) is 4.41. The number of hydrogen-bond donors (Lipinski definition) is 0. The SMILES string of the molecule is C1CCCCC1.C=[N+]=[N-]. The summed E-state index contributed by atoms with van der Waals surface area (Å²) in [5.74, 6) is 0. The van der Waals surface area contributed by atoms with Gasteiger partial charge in [-0.2, -0.15) is 4.79 Å². The third kappa shape index (κ3) is 7.38. The summed E-state index contributed by atoms with van der Waals surface area (Å²) < 4.78 is 0. The van der Waals surface area contributed by atoms with Gasteiger partial charge in [-0.15, -0.1) is 0 Å². The molecule has 0 spiro atoms. The highest BCUT2D eigenvalue weighted by molar-refractivity contribution is 5.12. The van der Waals surface area contributed by atoms with E-state index in [4.69, 9.17) is 5.53 Å². The first kappa shape index (κ1) is 8.38. The molecule has 0 bridgehead atoms. The second-order valence-corrected chi connectivity index (χ2v) is 2.26. The van der Waals surface area contributed by atoms with E-state index in [1.807, 2.05) is 0 Å². The van der Waals surface area contributed by atoms with Gasteiger partial charge in [0, 0.05) is 0 Å². The van der Waals surface area contributed by atoms with E-state index in [2.05, 4.69) is 11.5 Å². The van der Waals surface area contributed by atoms with Crippen molar-refractivity contribution in [3.63, 3.8) is 0 Å². The van der Waals surface area contributed by atoms with Crippen LogP contribution in [-0.2, 0) is 0 Å². The highest BCUT2D eigenvalue weighted by Crippen LogP contribution is 2.15. The summed E-state index contributed by atoms with van der Waals surface area (Å²) in [5.41, 5.74) is 7.08. The van der Waals surface area contributed by atoms with Crippen molar-refractivity contribution < 1.29 is 4.79 Å². The normalized spacial score (nSPS) is 16.9. The maximum absolute atomic E-state index is 7.08. The molecule has 0 heterocycles. The van der Waals surface area contributed by atoms with Crippen molar-refractivity contribution in [2.24, 2.45) is 0 Å². The van der Waals surface area contributed by atoms with E-state index in [-0.39, 0.29) is 0 Å². The Morgan fingerprint density at radius 2 is 1.00 bits per heavy atom. The zero-order valence-electron chi connectivity index (χ0n) is 5.84. The molecule has 9 heavy (non-hydrogen) atoms. The van der Waals surface area contributed by atoms with Crippen molar-refractivity contribution in [3.8, 4) is 0 Å². The van der Waals surface area contributed by atoms with Gasteiger partial charge in [0.1, 0.15) is 0 Å². The van der Waals surface area contributed by atoms with E-state index < -0.39 is 0 Å². The van der Waals surface area contributed by atoms with Crippen molar-refractivity contribution in [1.29, 1.82) is 0 Å². The molecule has 52 valence electrons. The fourth-order valence-electron chi connectivity index (χ4n) is 1.06. The van der Waals surface area contributed by atoms with Crippen LogP contribution in [0.5, 0.6) is 0 Å². The molecule has 1 aliphatic rings. The molecule has 0 aromatic carbocycles. The Kier molecular flexibility index (Phi) is 6.87. The molecular weight excluding hydrogens is 112 g/mol. The minimum atomic E-state index is 1.50. The molecule has 1 aliphatic carbocycles. The third-order valence-corrected chi connectivity index (χ3v) is 1.50. The molecular formula is C7H14N2. The van der Waals surface area contributed by atoms with Crippen LogP contribution in [0.4, 0.5) is 0 Å². The molecule has 0 aromatic heterocycles. The standard InChI is InChI=1S/C6H12.CH2N2/c1-2-4-6-5-3-1;1-3-2/h1-6H2;1H2. The predicted octanol–water partition coefficient (Wildman–Crippen LogP) is 2.26. The van der Waals surface area contributed by atoms with E-state index in [0.29, 0.717) is 0 Å². The zero-order chi connectivity index (χ0) is 6.95. The number of hydrogen-bond acceptors (Lipinski definition) is 0. The summed E-state index contributed by atoms with van der Waals surface area (Å²) in [6.45, 7) is 2.67. The predicted molar refractivity (Wildman–Crippen MR) is 38.4 cm³/mol. The van der Waals surface area contributed by atoms with Gasteiger partial charge >= 0.3 is 0 Å². The van der Waals surface area contributed by atoms with E-state index in [1.54, 1.807) is 0 Å². The Balaban J connectivity index is 0.000000187. The van der Waals surface area contributed by atoms with Gasteiger partial charge in [-0.3, -0.25) is 0 Å². The third-order valence-electron chi connectivity index (χ3n) is 1.50. The van der Waals surface area contributed by atoms with Crippen molar-refractivity contribution in [2.45, 2.75) is 38.5 Å². The van der Waals surface area contributed by atoms with Gasteiger partial charge in [0.2, 0.25) is 6.72 Å². The average molecular weight is 126 g/mol. The fraction of sp³-hybridized carbons (Fsp3) is 0.857. The van der Waals surface area contributed by atoms with Gasteiger partial charge in [-0.05, 0) is 0 Å². The molecule has 1 rings (SSSR count). The molecule has 0 saturated heterocycles. The second kappa shape index (κ2) is 7.38. The van der Waals surface area contributed by atoms with E-state index in [0.717, 1.165) is 0 Å². The molecule has 2 nitrogen and oxygen atoms in total. The molecule has 0 N–H and O–H groups in total. The quantitative estimate of drug-likeness (QED) is 0.271. The van der Waals surface area contributed by atoms with Crippen molar-refractivity contribution in [2.75, 3.05) is 0 Å². The monoisotopic (exact) mass is 126 g/mol. The smallest absolute Gasteiger partial charge is 0.245 e. The van der Waals surface area contributed by atoms with E-state index in [9.17, 15) is 0 Å². The molecule has 0 aromatic rings. The van der Waals surface area contributed by atoms with Crippen LogP contribution in [0.1, 0.15) is 38.5 Å². The van der Waals surface area contributed by atoms with Crippen LogP contribution in [0.3, 0.4) is 0 Å². The Labute approximate surface area is 56.5 Å². The summed E-state index contributed by atoms with van der Waals surface area (Å²) >= 11 is 0. The lowest BCUT2D eigenvalue weighted by Gasteiger charge is -2.05. The van der Waals surface area contributed by atoms with Crippen LogP contribution in [0.2, 0.25) is 0 Å². The van der Waals surface area contributed by atoms with E-state index >= 15 is 0 Å². The lowest BCUT2D eigenvalue weighted by atomic mass is 10.0. The van der Waals surface area contributed by atoms with Crippen LogP contribution in [0.15, 0.2) is 0 Å². The Morgan fingerprint density at radius 1 is 0.889 bits per heavy atom. The highest BCUT2D eigenvalue weighted by atomic mass is 14.8. The van der Waals surface area contributed by atoms with Gasteiger partial charge in [-0.25, -0.2) is 0 Å². The van der Waals surface area contributed by atoms with E-state index in [1.165, 1.54) is 38.5 Å². The Hall–Kier alpha value is -0.620. The lowest BCUT2D eigenvalue weighted by molar-refractivity contribution is 0.0110. The topological polar surface area (TPSA) is 36.4 Å². The number of rotatable bonds is 0. The van der Waals surface area contributed by atoms with Crippen molar-refractivity contribution in [1.82, 2.24) is 0 Å². The first-order valence-corrected chi connectivity index (χ1v) is 3.52. The Bertz CT molecular complexity index is 67.4. The van der Waals surface area contributed by atoms with Crippen LogP contribution < -0.4 is 0 Å². The van der Waals surface area contributed by atoms with Gasteiger partial charge in [0.05, 0.1) is 0 Å². The molecule has 1 saturated carbocycles. The molecule has 1 fully saturated rings. The van der Waals surface area contributed by atoms with Crippen LogP contribution >= 0.6 is 0 Å². The highest BCUT2D eigenvalue weighted by Gasteiger charge is 1.95. The summed E-state index contributed by atoms with van der Waals surface area (Å²) in [5, 5.41) is 0. The summed E-state index contributed by atoms with van der Waals surface area (Å²) in [4.78, 5) is 2.25. The van der Waals surface area contributed by atoms with Gasteiger partial charge in [0.15, 0.2) is 0 Å². The molecule has 2 heteroatoms. The van der Waals surface area contributed by atoms with Gasteiger partial charge in [0.25, 0.3) is 0 Å². The molecule has 0 radical (unpaired) electrons. The molecule has 0 aliphatic heterocycles. The summed E-state index contributed by atoms with van der Waals surface area (Å²) in [6.07, 6.45) is 9.00. The zero-order valence-corrected chi connectivity index (χ0v) is 5.84. The number of nitrogens with zero attached hydrogens (tertiary/aromatic N) is 2. The maximum Gasteiger partial charge on any atom is 0.245 e. The first-order valence-electron chi connectivity index (χ1n) is 3.52. The fourth-order valence-corrected chi connectivity index (χ4v) is 1.06. The van der Waals surface area contributed by atoms with Crippen LogP contribution in [0, 0.1) is 0 Å². The molecule has 0 unspecified atom stereocenters. The van der Waals surface area contributed by atoms with Gasteiger partial charge in [-0.1, -0.05) is 38.5 Å². The largest absolute Gasteiger partial charge is 0.362 e. The summed E-state index contributed by atoms with van der Waals surface area (Å²) in [7, 11) is 0. The average Bonchev–Trinajstić information content (AvgIpc) is 1.93. The lowest BCUT2D eigenvalue weighted by Crippen LogP contribution is -1.85. The second-order valence-electron chi connectivity index (χ2n) is 2.26. The maximum atomic E-state index is 7.08. The minimum Gasteiger partial charge on any atom is -0.362 e. The van der Waals surface area contributed by atoms with Gasteiger partial charge < -0.3 is 5.53 Å². The summed E-state index contributed by atoms with van der Waals surface area (Å²) in [6, 6.07) is 0. The van der Waals surface area contributed by atoms with Crippen molar-refractivity contribution >= 4 is 6.72 Å². The van der Waals surface area contributed by atoms with Crippen molar-refractivity contribution in [3.05, 3.63) is 5.53 Å². The minimum absolute atomic E-state index is 1.50. The molecule has 0 amide bonds. The van der Waals surface area contributed by atoms with Crippen LogP contribution in [-0.4, -0.2) is 11.5 Å². The molecule has 0 atom stereocenters.